The van der Waals surface area contributed by atoms with Crippen molar-refractivity contribution >= 4 is 5.69 Å². The van der Waals surface area contributed by atoms with Gasteiger partial charge in [0.25, 0.3) is 5.56 Å². The fourth-order valence-electron chi connectivity index (χ4n) is 1.49. The normalized spacial score (nSPS) is 25.9. The summed E-state index contributed by atoms with van der Waals surface area (Å²) in [7, 11) is 1.65. The van der Waals surface area contributed by atoms with E-state index in [4.69, 9.17) is 10.5 Å². The number of pyridine rings is 1. The van der Waals surface area contributed by atoms with E-state index in [0.717, 1.165) is 6.42 Å². The van der Waals surface area contributed by atoms with Gasteiger partial charge >= 0.3 is 0 Å². The lowest BCUT2D eigenvalue weighted by Gasteiger charge is -2.04. The molecule has 0 amide bonds. The Labute approximate surface area is 75.9 Å². The molecule has 13 heavy (non-hydrogen) atoms. The molecule has 0 aromatic carbocycles. The van der Waals surface area contributed by atoms with Crippen molar-refractivity contribution in [3.63, 3.8) is 0 Å². The summed E-state index contributed by atoms with van der Waals surface area (Å²) in [6.07, 6.45) is 2.84. The fraction of sp³-hybridized carbons (Fsp3) is 0.444. The van der Waals surface area contributed by atoms with Crippen LogP contribution in [0.5, 0.6) is 0 Å². The molecule has 1 aliphatic rings. The fourth-order valence-corrected chi connectivity index (χ4v) is 1.49. The molecule has 0 radical (unpaired) electrons. The first-order chi connectivity index (χ1) is 6.24. The van der Waals surface area contributed by atoms with Crippen LogP contribution in [0.1, 0.15) is 12.5 Å². The topological polar surface area (TPSA) is 57.2 Å². The second kappa shape index (κ2) is 2.88. The van der Waals surface area contributed by atoms with E-state index in [9.17, 15) is 4.79 Å². The Morgan fingerprint density at radius 3 is 3.08 bits per heavy atom. The Kier molecular flexibility index (Phi) is 1.84. The number of nitrogens with two attached hydrogens (primary N) is 1. The van der Waals surface area contributed by atoms with Crippen LogP contribution in [0, 0.1) is 0 Å². The molecule has 1 aliphatic carbocycles. The van der Waals surface area contributed by atoms with Crippen molar-refractivity contribution in [3.05, 3.63) is 28.7 Å². The van der Waals surface area contributed by atoms with Gasteiger partial charge in [-0.2, -0.15) is 0 Å². The van der Waals surface area contributed by atoms with Crippen molar-refractivity contribution in [1.82, 2.24) is 4.57 Å². The Morgan fingerprint density at radius 2 is 2.46 bits per heavy atom. The molecule has 2 unspecified atom stereocenters. The summed E-state index contributed by atoms with van der Waals surface area (Å²) in [5, 5.41) is 0. The number of nitrogens with zero attached hydrogens (tertiary/aromatic N) is 1. The summed E-state index contributed by atoms with van der Waals surface area (Å²) < 4.78 is 6.76. The highest BCUT2D eigenvalue weighted by Crippen LogP contribution is 2.36. The molecule has 1 saturated carbocycles. The minimum Gasteiger partial charge on any atom is -0.394 e. The number of hydrogen-bond acceptors (Lipinski definition) is 3. The van der Waals surface area contributed by atoms with Crippen LogP contribution < -0.4 is 11.3 Å². The number of hydrogen-bond donors (Lipinski definition) is 1. The van der Waals surface area contributed by atoms with Crippen molar-refractivity contribution < 1.29 is 4.74 Å². The summed E-state index contributed by atoms with van der Waals surface area (Å²) in [6.45, 7) is 0. The van der Waals surface area contributed by atoms with Gasteiger partial charge in [-0.25, -0.2) is 0 Å². The minimum atomic E-state index is -0.118. The van der Waals surface area contributed by atoms with Crippen LogP contribution in [0.4, 0.5) is 5.69 Å². The zero-order valence-electron chi connectivity index (χ0n) is 7.43. The molecular weight excluding hydrogens is 168 g/mol. The molecule has 0 aliphatic heterocycles. The number of aromatic nitrogens is 1. The molecule has 1 heterocycles. The van der Waals surface area contributed by atoms with Crippen LogP contribution in [0.25, 0.3) is 0 Å². The second-order valence-corrected chi connectivity index (χ2v) is 3.25. The van der Waals surface area contributed by atoms with E-state index in [2.05, 4.69) is 0 Å². The Hall–Kier alpha value is -1.29. The predicted octanol–water partition coefficient (Wildman–Crippen LogP) is 0.390. The van der Waals surface area contributed by atoms with Gasteiger partial charge in [0.1, 0.15) is 0 Å². The Morgan fingerprint density at radius 1 is 1.69 bits per heavy atom. The van der Waals surface area contributed by atoms with Crippen molar-refractivity contribution in [1.29, 1.82) is 0 Å². The quantitative estimate of drug-likeness (QED) is 0.716. The van der Waals surface area contributed by atoms with Crippen LogP contribution in [0.15, 0.2) is 23.1 Å². The van der Waals surface area contributed by atoms with Crippen LogP contribution >= 0.6 is 0 Å². The molecule has 0 spiro atoms. The lowest BCUT2D eigenvalue weighted by Crippen LogP contribution is -2.22. The Balaban J connectivity index is 2.32. The summed E-state index contributed by atoms with van der Waals surface area (Å²) >= 11 is 0. The summed E-state index contributed by atoms with van der Waals surface area (Å²) in [5.41, 5.74) is 5.68. The minimum absolute atomic E-state index is 0.118. The van der Waals surface area contributed by atoms with E-state index in [1.165, 1.54) is 0 Å². The van der Waals surface area contributed by atoms with Crippen LogP contribution in [-0.2, 0) is 4.74 Å². The summed E-state index contributed by atoms with van der Waals surface area (Å²) in [5.74, 6) is 0. The smallest absolute Gasteiger partial charge is 0.274 e. The van der Waals surface area contributed by atoms with Gasteiger partial charge in [0, 0.05) is 13.3 Å². The molecule has 1 fully saturated rings. The summed E-state index contributed by atoms with van der Waals surface area (Å²) in [6, 6.07) is 3.58. The standard InChI is InChI=1S/C9H12N2O2/c1-13-8-5-7(8)11-4-2-3-6(10)9(11)12/h2-4,7-8H,5,10H2,1H3. The van der Waals surface area contributed by atoms with Gasteiger partial charge in [0.15, 0.2) is 0 Å². The zero-order valence-corrected chi connectivity index (χ0v) is 7.43. The van der Waals surface area contributed by atoms with Gasteiger partial charge in [0.2, 0.25) is 0 Å². The van der Waals surface area contributed by atoms with E-state index >= 15 is 0 Å². The lowest BCUT2D eigenvalue weighted by atomic mass is 10.4. The predicted molar refractivity (Wildman–Crippen MR) is 49.6 cm³/mol. The van der Waals surface area contributed by atoms with Gasteiger partial charge in [-0.05, 0) is 18.6 Å². The molecule has 0 bridgehead atoms. The van der Waals surface area contributed by atoms with Gasteiger partial charge in [0.05, 0.1) is 17.8 Å². The lowest BCUT2D eigenvalue weighted by molar-refractivity contribution is 0.169. The maximum absolute atomic E-state index is 11.5. The third kappa shape index (κ3) is 1.33. The number of nitrogen functional groups attached to an aromatic ring is 1. The maximum atomic E-state index is 11.5. The molecule has 1 aromatic heterocycles. The SMILES string of the molecule is COC1CC1n1cccc(N)c1=O. The summed E-state index contributed by atoms with van der Waals surface area (Å²) in [4.78, 5) is 11.5. The van der Waals surface area contributed by atoms with Crippen LogP contribution in [0.3, 0.4) is 0 Å². The van der Waals surface area contributed by atoms with E-state index in [0.29, 0.717) is 5.69 Å². The van der Waals surface area contributed by atoms with Gasteiger partial charge in [-0.1, -0.05) is 0 Å². The molecule has 0 saturated heterocycles. The van der Waals surface area contributed by atoms with Crippen molar-refractivity contribution in [2.24, 2.45) is 0 Å². The third-order valence-corrected chi connectivity index (χ3v) is 2.36. The Bertz CT molecular complexity index is 372. The molecule has 4 nitrogen and oxygen atoms in total. The highest BCUT2D eigenvalue weighted by Gasteiger charge is 2.39. The van der Waals surface area contributed by atoms with Gasteiger partial charge < -0.3 is 15.0 Å². The molecule has 2 rings (SSSR count). The number of methoxy groups -OCH3 is 1. The maximum Gasteiger partial charge on any atom is 0.274 e. The van der Waals surface area contributed by atoms with Crippen molar-refractivity contribution in [3.8, 4) is 0 Å². The first-order valence-electron chi connectivity index (χ1n) is 4.23. The number of ether oxygens (including phenoxy) is 1. The molecule has 1 aromatic rings. The highest BCUT2D eigenvalue weighted by molar-refractivity contribution is 5.34. The average molecular weight is 180 g/mol. The van der Waals surface area contributed by atoms with Crippen LogP contribution in [-0.4, -0.2) is 17.8 Å². The molecule has 2 atom stereocenters. The molecule has 4 heteroatoms. The van der Waals surface area contributed by atoms with Crippen LogP contribution in [0.2, 0.25) is 0 Å². The van der Waals surface area contributed by atoms with Gasteiger partial charge in [-0.3, -0.25) is 4.79 Å². The molecule has 2 N–H and O–H groups in total. The van der Waals surface area contributed by atoms with E-state index < -0.39 is 0 Å². The highest BCUT2D eigenvalue weighted by atomic mass is 16.5. The van der Waals surface area contributed by atoms with Gasteiger partial charge in [-0.15, -0.1) is 0 Å². The zero-order chi connectivity index (χ0) is 9.42. The number of rotatable bonds is 2. The third-order valence-electron chi connectivity index (χ3n) is 2.36. The monoisotopic (exact) mass is 180 g/mol. The first-order valence-corrected chi connectivity index (χ1v) is 4.23. The number of anilines is 1. The first kappa shape index (κ1) is 8.31. The van der Waals surface area contributed by atoms with Crippen molar-refractivity contribution in [2.45, 2.75) is 18.6 Å². The second-order valence-electron chi connectivity index (χ2n) is 3.25. The van der Waals surface area contributed by atoms with E-state index in [1.54, 1.807) is 30.0 Å². The van der Waals surface area contributed by atoms with E-state index in [-0.39, 0.29) is 17.7 Å². The largest absolute Gasteiger partial charge is 0.394 e. The van der Waals surface area contributed by atoms with E-state index in [1.807, 2.05) is 0 Å². The average Bonchev–Trinajstić information content (AvgIpc) is 2.89. The molecule has 70 valence electrons. The van der Waals surface area contributed by atoms with Crippen molar-refractivity contribution in [2.75, 3.05) is 12.8 Å². The molecular formula is C9H12N2O2.